The summed E-state index contributed by atoms with van der Waals surface area (Å²) in [5.74, 6) is -2.92. The molecule has 0 bridgehead atoms. The van der Waals surface area contributed by atoms with Gasteiger partial charge in [-0.2, -0.15) is 4.31 Å². The highest BCUT2D eigenvalue weighted by Crippen LogP contribution is 2.50. The number of rotatable bonds is 11. The van der Waals surface area contributed by atoms with Crippen molar-refractivity contribution in [2.75, 3.05) is 13.1 Å². The van der Waals surface area contributed by atoms with E-state index in [4.69, 9.17) is 10.8 Å². The number of carboxylic acid groups (broad SMARTS) is 2. The maximum Gasteiger partial charge on any atom is 0.335 e. The number of β-lactam (4-membered cyclic amide) rings is 1. The van der Waals surface area contributed by atoms with Gasteiger partial charge >= 0.3 is 11.9 Å². The van der Waals surface area contributed by atoms with Gasteiger partial charge in [0.2, 0.25) is 21.8 Å². The highest BCUT2D eigenvalue weighted by atomic mass is 32.2. The number of aromatic carboxylic acids is 1. The number of thioether (sulfide) groups is 1. The van der Waals surface area contributed by atoms with Gasteiger partial charge in [0.15, 0.2) is 0 Å². The van der Waals surface area contributed by atoms with Gasteiger partial charge in [0, 0.05) is 17.8 Å². The van der Waals surface area contributed by atoms with Crippen molar-refractivity contribution in [2.24, 2.45) is 5.73 Å². The molecule has 0 saturated carbocycles. The van der Waals surface area contributed by atoms with Crippen LogP contribution in [0, 0.1) is 0 Å². The SMILES string of the molecule is CC1(C)S[C@@H]2[C@H](NC(=O)C(N)c3ccccc3)C(=O)N2[C@H]1C(=O)O.CCCN(CCC)S(=O)(=O)c1ccc(C(=O)O)cc1. The smallest absolute Gasteiger partial charge is 0.335 e. The zero-order chi connectivity index (χ0) is 32.1. The van der Waals surface area contributed by atoms with E-state index in [-0.39, 0.29) is 21.7 Å². The van der Waals surface area contributed by atoms with Crippen LogP contribution >= 0.6 is 11.8 Å². The summed E-state index contributed by atoms with van der Waals surface area (Å²) in [6.07, 6.45) is 1.48. The molecule has 4 rings (SSSR count). The van der Waals surface area contributed by atoms with Crippen LogP contribution in [0.4, 0.5) is 0 Å². The van der Waals surface area contributed by atoms with Crippen molar-refractivity contribution >= 4 is 45.5 Å². The van der Waals surface area contributed by atoms with E-state index in [0.29, 0.717) is 18.7 Å². The molecule has 2 amide bonds. The summed E-state index contributed by atoms with van der Waals surface area (Å²) in [6.45, 7) is 8.36. The fourth-order valence-electron chi connectivity index (χ4n) is 4.97. The van der Waals surface area contributed by atoms with Crippen molar-refractivity contribution in [3.8, 4) is 0 Å². The van der Waals surface area contributed by atoms with Gasteiger partial charge < -0.3 is 26.2 Å². The van der Waals surface area contributed by atoms with E-state index >= 15 is 0 Å². The molecule has 43 heavy (non-hydrogen) atoms. The van der Waals surface area contributed by atoms with Gasteiger partial charge in [-0.3, -0.25) is 9.59 Å². The van der Waals surface area contributed by atoms with Crippen LogP contribution in [-0.2, 0) is 24.4 Å². The van der Waals surface area contributed by atoms with Crippen LogP contribution in [0.1, 0.15) is 62.5 Å². The lowest BCUT2D eigenvalue weighted by molar-refractivity contribution is -0.161. The molecule has 5 N–H and O–H groups in total. The van der Waals surface area contributed by atoms with E-state index in [1.165, 1.54) is 45.2 Å². The van der Waals surface area contributed by atoms with E-state index in [2.05, 4.69) is 5.32 Å². The minimum atomic E-state index is -3.53. The Morgan fingerprint density at radius 3 is 2.07 bits per heavy atom. The number of carboxylic acids is 2. The Kier molecular flexibility index (Phi) is 11.0. The second kappa shape index (κ2) is 13.9. The Morgan fingerprint density at radius 2 is 1.58 bits per heavy atom. The van der Waals surface area contributed by atoms with Crippen molar-refractivity contribution in [2.45, 2.75) is 73.7 Å². The minimum Gasteiger partial charge on any atom is -0.480 e. The quantitative estimate of drug-likeness (QED) is 0.268. The van der Waals surface area contributed by atoms with Crippen LogP contribution in [-0.4, -0.2) is 86.9 Å². The van der Waals surface area contributed by atoms with Gasteiger partial charge in [-0.25, -0.2) is 18.0 Å². The van der Waals surface area contributed by atoms with Crippen LogP contribution in [0.5, 0.6) is 0 Å². The van der Waals surface area contributed by atoms with Gasteiger partial charge in [-0.15, -0.1) is 11.8 Å². The fraction of sp³-hybridized carbons (Fsp3) is 0.448. The summed E-state index contributed by atoms with van der Waals surface area (Å²) in [7, 11) is -3.53. The van der Waals surface area contributed by atoms with Crippen molar-refractivity contribution in [3.63, 3.8) is 0 Å². The Morgan fingerprint density at radius 1 is 1.02 bits per heavy atom. The van der Waals surface area contributed by atoms with Gasteiger partial charge in [0.05, 0.1) is 10.5 Å². The number of hydrogen-bond acceptors (Lipinski definition) is 8. The predicted octanol–water partition coefficient (Wildman–Crippen LogP) is 2.51. The standard InChI is InChI=1S/C16H19N3O4S.C13H19NO4S/c1-16(2)11(15(22)23)19-13(21)10(14(19)24-16)18-12(20)9(17)8-6-4-3-5-7-8;1-3-9-14(10-4-2)19(17,18)12-7-5-11(6-8-12)13(15)16/h3-7,9-11,14H,17H2,1-2H3,(H,18,20)(H,22,23);5-8H,3-4,9-10H2,1-2H3,(H,15,16)/t9?,10-,11+,14-;/m1./s1. The molecular formula is C29H38N4O8S2. The van der Waals surface area contributed by atoms with Gasteiger partial charge in [0.25, 0.3) is 0 Å². The summed E-state index contributed by atoms with van der Waals surface area (Å²) in [5.41, 5.74) is 6.67. The molecule has 2 aromatic rings. The molecule has 2 aliphatic heterocycles. The van der Waals surface area contributed by atoms with Crippen LogP contribution in [0.15, 0.2) is 59.5 Å². The minimum absolute atomic E-state index is 0.0801. The summed E-state index contributed by atoms with van der Waals surface area (Å²) in [4.78, 5) is 48.3. The molecule has 1 unspecified atom stereocenters. The molecule has 2 heterocycles. The average molecular weight is 635 g/mol. The summed E-state index contributed by atoms with van der Waals surface area (Å²) in [6, 6.07) is 11.7. The van der Waals surface area contributed by atoms with Crippen LogP contribution in [0.2, 0.25) is 0 Å². The molecule has 2 aliphatic rings. The molecule has 2 saturated heterocycles. The first kappa shape index (κ1) is 34.0. The molecule has 12 nitrogen and oxygen atoms in total. The molecular weight excluding hydrogens is 596 g/mol. The number of nitrogens with one attached hydrogen (secondary N) is 1. The third-order valence-electron chi connectivity index (χ3n) is 7.10. The second-order valence-corrected chi connectivity index (χ2v) is 14.4. The van der Waals surface area contributed by atoms with E-state index in [1.54, 1.807) is 38.1 Å². The molecule has 0 aromatic heterocycles. The zero-order valence-corrected chi connectivity index (χ0v) is 26.1. The third kappa shape index (κ3) is 7.37. The van der Waals surface area contributed by atoms with Crippen molar-refractivity contribution in [3.05, 3.63) is 65.7 Å². The molecule has 4 atom stereocenters. The van der Waals surface area contributed by atoms with E-state index < -0.39 is 50.7 Å². The Labute approximate surface area is 255 Å². The first-order valence-corrected chi connectivity index (χ1v) is 16.2. The number of benzene rings is 2. The fourth-order valence-corrected chi connectivity index (χ4v) is 8.22. The lowest BCUT2D eigenvalue weighted by atomic mass is 9.95. The molecule has 0 radical (unpaired) electrons. The van der Waals surface area contributed by atoms with Crippen LogP contribution < -0.4 is 11.1 Å². The van der Waals surface area contributed by atoms with Crippen molar-refractivity contribution in [1.82, 2.24) is 14.5 Å². The molecule has 0 aliphatic carbocycles. The largest absolute Gasteiger partial charge is 0.480 e. The number of fused-ring (bicyclic) bond motifs is 1. The molecule has 14 heteroatoms. The second-order valence-electron chi connectivity index (χ2n) is 10.7. The van der Waals surface area contributed by atoms with Crippen molar-refractivity contribution < 1.29 is 37.8 Å². The van der Waals surface area contributed by atoms with Gasteiger partial charge in [0.1, 0.15) is 23.5 Å². The first-order valence-electron chi connectivity index (χ1n) is 13.8. The predicted molar refractivity (Wildman–Crippen MR) is 162 cm³/mol. The number of nitrogens with two attached hydrogens (primary N) is 1. The topological polar surface area (TPSA) is 187 Å². The average Bonchev–Trinajstić information content (AvgIpc) is 3.23. The number of sulfonamides is 1. The lowest BCUT2D eigenvalue weighted by Crippen LogP contribution is -2.71. The van der Waals surface area contributed by atoms with Gasteiger partial charge in [-0.05, 0) is 56.5 Å². The number of amides is 2. The Bertz CT molecular complexity index is 1430. The highest BCUT2D eigenvalue weighted by Gasteiger charge is 2.64. The van der Waals surface area contributed by atoms with Crippen LogP contribution in [0.25, 0.3) is 0 Å². The normalized spacial score (nSPS) is 21.2. The van der Waals surface area contributed by atoms with Gasteiger partial charge in [-0.1, -0.05) is 44.2 Å². The summed E-state index contributed by atoms with van der Waals surface area (Å²) in [5, 5.41) is 20.5. The highest BCUT2D eigenvalue weighted by molar-refractivity contribution is 8.01. The maximum absolute atomic E-state index is 12.4. The lowest BCUT2D eigenvalue weighted by Gasteiger charge is -2.43. The number of carbonyl (C=O) groups excluding carboxylic acids is 2. The third-order valence-corrected chi connectivity index (χ3v) is 10.6. The first-order chi connectivity index (χ1) is 20.2. The summed E-state index contributed by atoms with van der Waals surface area (Å²) >= 11 is 1.38. The van der Waals surface area contributed by atoms with E-state index in [9.17, 15) is 32.7 Å². The van der Waals surface area contributed by atoms with Crippen molar-refractivity contribution in [1.29, 1.82) is 0 Å². The van der Waals surface area contributed by atoms with Crippen LogP contribution in [0.3, 0.4) is 0 Å². The maximum atomic E-state index is 12.4. The van der Waals surface area contributed by atoms with E-state index in [0.717, 1.165) is 12.8 Å². The zero-order valence-electron chi connectivity index (χ0n) is 24.5. The number of aliphatic carboxylic acids is 1. The number of hydrogen-bond donors (Lipinski definition) is 4. The Hall–Kier alpha value is -3.46. The molecule has 0 spiro atoms. The summed E-state index contributed by atoms with van der Waals surface area (Å²) < 4.78 is 25.6. The number of nitrogens with zero attached hydrogens (tertiary/aromatic N) is 2. The van der Waals surface area contributed by atoms with E-state index in [1.807, 2.05) is 19.9 Å². The molecule has 2 fully saturated rings. The molecule has 2 aromatic carbocycles. The molecule has 234 valence electrons. The Balaban J connectivity index is 0.000000243. The number of carbonyl (C=O) groups is 4. The monoisotopic (exact) mass is 634 g/mol.